The van der Waals surface area contributed by atoms with Gasteiger partial charge in [-0.25, -0.2) is 13.1 Å². The second-order valence-electron chi connectivity index (χ2n) is 4.89. The molecule has 0 saturated carbocycles. The molecule has 0 saturated heterocycles. The summed E-state index contributed by atoms with van der Waals surface area (Å²) in [5.74, 6) is -1.32. The molecule has 0 radical (unpaired) electrons. The number of carbonyl (C=O) groups is 1. The summed E-state index contributed by atoms with van der Waals surface area (Å²) in [4.78, 5) is 10.6. The second kappa shape index (κ2) is 10.2. The molecule has 2 N–H and O–H groups in total. The lowest BCUT2D eigenvalue weighted by Crippen LogP contribution is -2.37. The van der Waals surface area contributed by atoms with Crippen LogP contribution >= 0.6 is 0 Å². The van der Waals surface area contributed by atoms with Crippen LogP contribution in [-0.2, 0) is 14.8 Å². The van der Waals surface area contributed by atoms with Gasteiger partial charge in [-0.2, -0.15) is 0 Å². The molecule has 0 amide bonds. The van der Waals surface area contributed by atoms with E-state index in [1.807, 2.05) is 0 Å². The van der Waals surface area contributed by atoms with Crippen LogP contribution in [0.1, 0.15) is 65.2 Å². The van der Waals surface area contributed by atoms with Gasteiger partial charge in [-0.05, 0) is 13.3 Å². The number of sulfonamides is 1. The third-order valence-electron chi connectivity index (χ3n) is 3.15. The normalized spacial score (nSPS) is 13.4. The molecule has 0 aromatic carbocycles. The lowest BCUT2D eigenvalue weighted by Gasteiger charge is -2.09. The van der Waals surface area contributed by atoms with Gasteiger partial charge in [0.15, 0.2) is 5.25 Å². The van der Waals surface area contributed by atoms with Gasteiger partial charge < -0.3 is 5.11 Å². The van der Waals surface area contributed by atoms with Gasteiger partial charge in [0.05, 0.1) is 0 Å². The SMILES string of the molecule is CCCCCCCCCCNS(=O)(=O)C(C)C(=O)O. The molecule has 6 heteroatoms. The van der Waals surface area contributed by atoms with Crippen LogP contribution in [0.3, 0.4) is 0 Å². The molecular weight excluding hydrogens is 266 g/mol. The second-order valence-corrected chi connectivity index (χ2v) is 6.98. The number of unbranched alkanes of at least 4 members (excludes halogenated alkanes) is 7. The van der Waals surface area contributed by atoms with Crippen LogP contribution in [0.15, 0.2) is 0 Å². The zero-order valence-corrected chi connectivity index (χ0v) is 12.8. The third-order valence-corrected chi connectivity index (χ3v) is 4.89. The molecule has 0 aliphatic heterocycles. The standard InChI is InChI=1S/C13H27NO4S/c1-3-4-5-6-7-8-9-10-11-14-19(17,18)12(2)13(15)16/h12,14H,3-11H2,1-2H3,(H,15,16). The van der Waals surface area contributed by atoms with E-state index in [1.165, 1.54) is 39.0 Å². The summed E-state index contributed by atoms with van der Waals surface area (Å²) in [7, 11) is -3.71. The Morgan fingerprint density at radius 3 is 2.00 bits per heavy atom. The molecule has 1 atom stereocenters. The van der Waals surface area contributed by atoms with E-state index in [0.717, 1.165) is 19.3 Å². The summed E-state index contributed by atoms with van der Waals surface area (Å²) in [6, 6.07) is 0. The van der Waals surface area contributed by atoms with Crippen molar-refractivity contribution >= 4 is 16.0 Å². The van der Waals surface area contributed by atoms with Crippen LogP contribution in [0.5, 0.6) is 0 Å². The first kappa shape index (κ1) is 18.4. The Labute approximate surface area is 116 Å². The molecule has 0 bridgehead atoms. The van der Waals surface area contributed by atoms with Crippen molar-refractivity contribution in [2.24, 2.45) is 0 Å². The van der Waals surface area contributed by atoms with Gasteiger partial charge in [0.25, 0.3) is 0 Å². The van der Waals surface area contributed by atoms with Crippen molar-refractivity contribution in [1.29, 1.82) is 0 Å². The molecule has 0 aromatic rings. The molecule has 0 heterocycles. The topological polar surface area (TPSA) is 83.5 Å². The molecule has 0 aromatic heterocycles. The molecule has 0 rings (SSSR count). The van der Waals surface area contributed by atoms with Gasteiger partial charge in [-0.3, -0.25) is 4.79 Å². The average Bonchev–Trinajstić information content (AvgIpc) is 2.35. The minimum atomic E-state index is -3.71. The predicted octanol–water partition coefficient (Wildman–Crippen LogP) is 2.52. The van der Waals surface area contributed by atoms with E-state index >= 15 is 0 Å². The Morgan fingerprint density at radius 2 is 1.53 bits per heavy atom. The number of nitrogens with one attached hydrogen (secondary N) is 1. The molecule has 114 valence electrons. The van der Waals surface area contributed by atoms with Crippen molar-refractivity contribution in [3.63, 3.8) is 0 Å². The molecule has 1 unspecified atom stereocenters. The van der Waals surface area contributed by atoms with Crippen LogP contribution in [-0.4, -0.2) is 31.3 Å². The molecule has 0 aliphatic carbocycles. The number of hydrogen-bond donors (Lipinski definition) is 2. The Bertz CT molecular complexity index is 341. The summed E-state index contributed by atoms with van der Waals surface area (Å²) >= 11 is 0. The largest absolute Gasteiger partial charge is 0.480 e. The van der Waals surface area contributed by atoms with Gasteiger partial charge in [-0.1, -0.05) is 51.9 Å². The molecule has 19 heavy (non-hydrogen) atoms. The Kier molecular flexibility index (Phi) is 9.87. The highest BCUT2D eigenvalue weighted by molar-refractivity contribution is 7.90. The minimum Gasteiger partial charge on any atom is -0.480 e. The highest BCUT2D eigenvalue weighted by atomic mass is 32.2. The lowest BCUT2D eigenvalue weighted by atomic mass is 10.1. The summed E-state index contributed by atoms with van der Waals surface area (Å²) in [5.41, 5.74) is 0. The fourth-order valence-corrected chi connectivity index (χ4v) is 2.68. The summed E-state index contributed by atoms with van der Waals surface area (Å²) in [6.07, 6.45) is 9.10. The first-order valence-electron chi connectivity index (χ1n) is 7.13. The van der Waals surface area contributed by atoms with E-state index in [2.05, 4.69) is 11.6 Å². The minimum absolute atomic E-state index is 0.328. The monoisotopic (exact) mass is 293 g/mol. The van der Waals surface area contributed by atoms with Gasteiger partial charge in [0.2, 0.25) is 10.0 Å². The maximum absolute atomic E-state index is 11.5. The van der Waals surface area contributed by atoms with Crippen LogP contribution in [0.4, 0.5) is 0 Å². The molecule has 0 spiro atoms. The molecular formula is C13H27NO4S. The number of aliphatic carboxylic acids is 1. The van der Waals surface area contributed by atoms with Gasteiger partial charge in [0, 0.05) is 6.54 Å². The van der Waals surface area contributed by atoms with Crippen molar-refractivity contribution in [3.8, 4) is 0 Å². The maximum atomic E-state index is 11.5. The third kappa shape index (κ3) is 8.99. The Balaban J connectivity index is 3.56. The van der Waals surface area contributed by atoms with Crippen LogP contribution in [0, 0.1) is 0 Å². The van der Waals surface area contributed by atoms with Crippen molar-refractivity contribution < 1.29 is 18.3 Å². The molecule has 0 fully saturated rings. The van der Waals surface area contributed by atoms with Gasteiger partial charge in [0.1, 0.15) is 0 Å². The van der Waals surface area contributed by atoms with Gasteiger partial charge in [-0.15, -0.1) is 0 Å². The summed E-state index contributed by atoms with van der Waals surface area (Å²) in [6.45, 7) is 3.69. The fraction of sp³-hybridized carbons (Fsp3) is 0.923. The number of carboxylic acids is 1. The maximum Gasteiger partial charge on any atom is 0.323 e. The van der Waals surface area contributed by atoms with Crippen LogP contribution in [0.2, 0.25) is 0 Å². The zero-order chi connectivity index (χ0) is 14.7. The predicted molar refractivity (Wildman–Crippen MR) is 76.6 cm³/mol. The van der Waals surface area contributed by atoms with E-state index in [9.17, 15) is 13.2 Å². The zero-order valence-electron chi connectivity index (χ0n) is 12.0. The summed E-state index contributed by atoms with van der Waals surface area (Å²) in [5, 5.41) is 7.25. The van der Waals surface area contributed by atoms with Crippen molar-refractivity contribution in [3.05, 3.63) is 0 Å². The Hall–Kier alpha value is -0.620. The highest BCUT2D eigenvalue weighted by Crippen LogP contribution is 2.08. The lowest BCUT2D eigenvalue weighted by molar-refractivity contribution is -0.136. The fourth-order valence-electron chi connectivity index (χ4n) is 1.73. The summed E-state index contributed by atoms with van der Waals surface area (Å²) < 4.78 is 25.3. The van der Waals surface area contributed by atoms with E-state index in [4.69, 9.17) is 5.11 Å². The van der Waals surface area contributed by atoms with Gasteiger partial charge >= 0.3 is 5.97 Å². The first-order valence-corrected chi connectivity index (χ1v) is 8.67. The van der Waals surface area contributed by atoms with Crippen molar-refractivity contribution in [1.82, 2.24) is 4.72 Å². The Morgan fingerprint density at radius 1 is 1.05 bits per heavy atom. The van der Waals surface area contributed by atoms with E-state index in [1.54, 1.807) is 0 Å². The first-order chi connectivity index (χ1) is 8.91. The van der Waals surface area contributed by atoms with Crippen LogP contribution in [0.25, 0.3) is 0 Å². The number of rotatable bonds is 12. The average molecular weight is 293 g/mol. The number of hydrogen-bond acceptors (Lipinski definition) is 3. The smallest absolute Gasteiger partial charge is 0.323 e. The number of carboxylic acid groups (broad SMARTS) is 1. The van der Waals surface area contributed by atoms with E-state index in [-0.39, 0.29) is 0 Å². The quantitative estimate of drug-likeness (QED) is 0.542. The van der Waals surface area contributed by atoms with E-state index < -0.39 is 21.2 Å². The van der Waals surface area contributed by atoms with Crippen molar-refractivity contribution in [2.75, 3.05) is 6.54 Å². The van der Waals surface area contributed by atoms with Crippen LogP contribution < -0.4 is 4.72 Å². The molecule has 0 aliphatic rings. The highest BCUT2D eigenvalue weighted by Gasteiger charge is 2.26. The molecule has 5 nitrogen and oxygen atoms in total. The van der Waals surface area contributed by atoms with Crippen molar-refractivity contribution in [2.45, 2.75) is 70.5 Å². The van der Waals surface area contributed by atoms with E-state index in [0.29, 0.717) is 6.54 Å².